The lowest BCUT2D eigenvalue weighted by atomic mass is 10.2. The van der Waals surface area contributed by atoms with Crippen molar-refractivity contribution in [2.24, 2.45) is 0 Å². The van der Waals surface area contributed by atoms with Crippen molar-refractivity contribution in [3.8, 4) is 0 Å². The quantitative estimate of drug-likeness (QED) is 0.536. The van der Waals surface area contributed by atoms with Crippen LogP contribution in [0.15, 0.2) is 30.3 Å². The normalized spacial score (nSPS) is 11.1. The maximum atomic E-state index is 6.15. The molecule has 0 saturated carbocycles. The van der Waals surface area contributed by atoms with Crippen molar-refractivity contribution in [3.63, 3.8) is 0 Å². The zero-order valence-electron chi connectivity index (χ0n) is 10.1. The molecule has 4 nitrogen and oxygen atoms in total. The Hall–Kier alpha value is -1.65. The average molecular weight is 293 g/mol. The zero-order chi connectivity index (χ0) is 13.4. The Morgan fingerprint density at radius 3 is 2.53 bits per heavy atom. The SMILES string of the molecule is Cc1nc2nc(Cl)nc(Cl)c2n1Cc1ccccc1. The molecular weight excluding hydrogens is 283 g/mol. The van der Waals surface area contributed by atoms with Crippen LogP contribution in [0.4, 0.5) is 0 Å². The lowest BCUT2D eigenvalue weighted by Crippen LogP contribution is -2.02. The van der Waals surface area contributed by atoms with E-state index in [1.807, 2.05) is 29.7 Å². The minimum absolute atomic E-state index is 0.113. The van der Waals surface area contributed by atoms with E-state index >= 15 is 0 Å². The number of fused-ring (bicyclic) bond motifs is 1. The highest BCUT2D eigenvalue weighted by molar-refractivity contribution is 6.35. The lowest BCUT2D eigenvalue weighted by molar-refractivity contribution is 0.785. The molecule has 0 N–H and O–H groups in total. The van der Waals surface area contributed by atoms with E-state index in [2.05, 4.69) is 27.1 Å². The Morgan fingerprint density at radius 2 is 1.79 bits per heavy atom. The summed E-state index contributed by atoms with van der Waals surface area (Å²) in [7, 11) is 0. The first-order valence-corrected chi connectivity index (χ1v) is 6.50. The van der Waals surface area contributed by atoms with Crippen molar-refractivity contribution in [1.29, 1.82) is 0 Å². The van der Waals surface area contributed by atoms with E-state index in [1.165, 1.54) is 0 Å². The maximum absolute atomic E-state index is 6.15. The van der Waals surface area contributed by atoms with Crippen LogP contribution in [-0.4, -0.2) is 19.5 Å². The highest BCUT2D eigenvalue weighted by Crippen LogP contribution is 2.24. The van der Waals surface area contributed by atoms with E-state index in [0.717, 1.165) is 11.4 Å². The van der Waals surface area contributed by atoms with Crippen LogP contribution in [0.1, 0.15) is 11.4 Å². The molecule has 0 radical (unpaired) electrons. The highest BCUT2D eigenvalue weighted by atomic mass is 35.5. The van der Waals surface area contributed by atoms with Gasteiger partial charge in [-0.1, -0.05) is 41.9 Å². The first-order valence-electron chi connectivity index (χ1n) is 5.75. The molecule has 0 bridgehead atoms. The summed E-state index contributed by atoms with van der Waals surface area (Å²) >= 11 is 11.9. The van der Waals surface area contributed by atoms with Gasteiger partial charge in [-0.15, -0.1) is 0 Å². The summed E-state index contributed by atoms with van der Waals surface area (Å²) in [6.07, 6.45) is 0. The number of aryl methyl sites for hydroxylation is 1. The van der Waals surface area contributed by atoms with Crippen molar-refractivity contribution >= 4 is 34.4 Å². The molecule has 0 unspecified atom stereocenters. The number of benzene rings is 1. The number of hydrogen-bond acceptors (Lipinski definition) is 3. The van der Waals surface area contributed by atoms with Gasteiger partial charge in [-0.3, -0.25) is 0 Å². The molecular formula is C13H10Cl2N4. The van der Waals surface area contributed by atoms with Gasteiger partial charge >= 0.3 is 0 Å². The Bertz CT molecular complexity index is 737. The van der Waals surface area contributed by atoms with Gasteiger partial charge in [-0.25, -0.2) is 9.97 Å². The third-order valence-electron chi connectivity index (χ3n) is 2.91. The van der Waals surface area contributed by atoms with Crippen molar-refractivity contribution in [2.45, 2.75) is 13.5 Å². The molecule has 0 aliphatic carbocycles. The number of halogens is 2. The van der Waals surface area contributed by atoms with Gasteiger partial charge in [-0.2, -0.15) is 4.98 Å². The van der Waals surface area contributed by atoms with Crippen molar-refractivity contribution < 1.29 is 0 Å². The largest absolute Gasteiger partial charge is 0.320 e. The summed E-state index contributed by atoms with van der Waals surface area (Å²) in [5, 5.41) is 0.438. The van der Waals surface area contributed by atoms with Crippen LogP contribution >= 0.6 is 23.2 Å². The summed E-state index contributed by atoms with van der Waals surface area (Å²) in [6.45, 7) is 2.59. The van der Waals surface area contributed by atoms with Crippen LogP contribution in [0.3, 0.4) is 0 Å². The topological polar surface area (TPSA) is 43.6 Å². The molecule has 0 atom stereocenters. The number of nitrogens with zero attached hydrogens (tertiary/aromatic N) is 4. The summed E-state index contributed by atoms with van der Waals surface area (Å²) in [4.78, 5) is 12.4. The van der Waals surface area contributed by atoms with Gasteiger partial charge in [0.2, 0.25) is 5.28 Å². The van der Waals surface area contributed by atoms with Gasteiger partial charge in [0.1, 0.15) is 11.3 Å². The van der Waals surface area contributed by atoms with E-state index in [0.29, 0.717) is 22.9 Å². The lowest BCUT2D eigenvalue weighted by Gasteiger charge is -2.07. The zero-order valence-corrected chi connectivity index (χ0v) is 11.7. The summed E-state index contributed by atoms with van der Waals surface area (Å²) in [5.74, 6) is 0.831. The molecule has 0 saturated heterocycles. The van der Waals surface area contributed by atoms with Gasteiger partial charge in [-0.05, 0) is 24.1 Å². The van der Waals surface area contributed by atoms with Gasteiger partial charge in [0.15, 0.2) is 10.8 Å². The van der Waals surface area contributed by atoms with Gasteiger partial charge in [0, 0.05) is 6.54 Å². The van der Waals surface area contributed by atoms with E-state index in [9.17, 15) is 0 Å². The Kier molecular flexibility index (Phi) is 3.12. The molecule has 6 heteroatoms. The molecule has 3 rings (SSSR count). The molecule has 0 amide bonds. The first kappa shape index (κ1) is 12.4. The van der Waals surface area contributed by atoms with Crippen LogP contribution in [-0.2, 0) is 6.54 Å². The highest BCUT2D eigenvalue weighted by Gasteiger charge is 2.14. The second-order valence-corrected chi connectivity index (χ2v) is 4.88. The maximum Gasteiger partial charge on any atom is 0.225 e. The predicted octanol–water partition coefficient (Wildman–Crippen LogP) is 3.49. The molecule has 96 valence electrons. The summed E-state index contributed by atoms with van der Waals surface area (Å²) in [5.41, 5.74) is 2.40. The van der Waals surface area contributed by atoms with Crippen molar-refractivity contribution in [3.05, 3.63) is 52.2 Å². The van der Waals surface area contributed by atoms with Crippen LogP contribution in [0, 0.1) is 6.92 Å². The average Bonchev–Trinajstić information content (AvgIpc) is 2.67. The minimum Gasteiger partial charge on any atom is -0.320 e. The second-order valence-electron chi connectivity index (χ2n) is 4.19. The van der Waals surface area contributed by atoms with E-state index < -0.39 is 0 Å². The molecule has 19 heavy (non-hydrogen) atoms. The third-order valence-corrected chi connectivity index (χ3v) is 3.34. The predicted molar refractivity (Wildman–Crippen MR) is 75.6 cm³/mol. The standard InChI is InChI=1S/C13H10Cl2N4/c1-8-16-12-10(11(14)17-13(15)18-12)19(8)7-9-5-3-2-4-6-9/h2-6H,7H2,1H3. The van der Waals surface area contributed by atoms with Gasteiger partial charge in [0.25, 0.3) is 0 Å². The van der Waals surface area contributed by atoms with Crippen molar-refractivity contribution in [1.82, 2.24) is 19.5 Å². The molecule has 0 fully saturated rings. The number of imidazole rings is 1. The van der Waals surface area contributed by atoms with E-state index in [1.54, 1.807) is 0 Å². The van der Waals surface area contributed by atoms with Crippen LogP contribution in [0.25, 0.3) is 11.2 Å². The fraction of sp³-hybridized carbons (Fsp3) is 0.154. The molecule has 0 spiro atoms. The van der Waals surface area contributed by atoms with Crippen molar-refractivity contribution in [2.75, 3.05) is 0 Å². The van der Waals surface area contributed by atoms with E-state index in [4.69, 9.17) is 23.2 Å². The number of rotatable bonds is 2. The summed E-state index contributed by atoms with van der Waals surface area (Å²) in [6, 6.07) is 10.1. The Labute approximate surface area is 120 Å². The van der Waals surface area contributed by atoms with Gasteiger partial charge < -0.3 is 4.57 Å². The smallest absolute Gasteiger partial charge is 0.225 e. The molecule has 2 aromatic heterocycles. The van der Waals surface area contributed by atoms with Crippen LogP contribution < -0.4 is 0 Å². The molecule has 2 heterocycles. The minimum atomic E-state index is 0.113. The van der Waals surface area contributed by atoms with Crippen LogP contribution in [0.2, 0.25) is 10.4 Å². The van der Waals surface area contributed by atoms with Gasteiger partial charge in [0.05, 0.1) is 0 Å². The fourth-order valence-electron chi connectivity index (χ4n) is 2.04. The summed E-state index contributed by atoms with van der Waals surface area (Å²) < 4.78 is 1.99. The number of aromatic nitrogens is 4. The second kappa shape index (κ2) is 4.79. The molecule has 1 aromatic carbocycles. The Morgan fingerprint density at radius 1 is 1.05 bits per heavy atom. The molecule has 3 aromatic rings. The third kappa shape index (κ3) is 2.29. The molecule has 0 aliphatic rings. The molecule has 0 aliphatic heterocycles. The fourth-order valence-corrected chi connectivity index (χ4v) is 2.51. The van der Waals surface area contributed by atoms with E-state index in [-0.39, 0.29) is 5.28 Å². The monoisotopic (exact) mass is 292 g/mol. The Balaban J connectivity index is 2.16. The number of hydrogen-bond donors (Lipinski definition) is 0. The van der Waals surface area contributed by atoms with Crippen LogP contribution in [0.5, 0.6) is 0 Å². The first-order chi connectivity index (χ1) is 9.15.